The Kier molecular flexibility index (Phi) is 2.86. The predicted molar refractivity (Wildman–Crippen MR) is 64.9 cm³/mol. The Morgan fingerprint density at radius 2 is 1.78 bits per heavy atom. The van der Waals surface area contributed by atoms with E-state index in [1.807, 2.05) is 27.7 Å². The van der Waals surface area contributed by atoms with Crippen LogP contribution in [0.2, 0.25) is 0 Å². The first kappa shape index (κ1) is 13.5. The summed E-state index contributed by atoms with van der Waals surface area (Å²) in [5.74, 6) is 0. The largest absolute Gasteiger partial charge is 0.498 e. The van der Waals surface area contributed by atoms with Crippen LogP contribution < -0.4 is 5.46 Å². The highest BCUT2D eigenvalue weighted by atomic mass is 32.2. The van der Waals surface area contributed by atoms with Crippen molar-refractivity contribution in [3.63, 3.8) is 0 Å². The molecule has 0 bridgehead atoms. The second-order valence-electron chi connectivity index (χ2n) is 5.21. The second kappa shape index (κ2) is 3.80. The molecule has 2 rings (SSSR count). The molecule has 1 aromatic heterocycles. The molecular formula is C9H15BN2O5S. The fraction of sp³-hybridized carbons (Fsp3) is 0.667. The molecular weight excluding hydrogens is 259 g/mol. The third kappa shape index (κ3) is 2.18. The lowest BCUT2D eigenvalue weighted by molar-refractivity contribution is 0.00578. The van der Waals surface area contributed by atoms with E-state index in [4.69, 9.17) is 13.9 Å². The Labute approximate surface area is 106 Å². The van der Waals surface area contributed by atoms with E-state index in [-0.39, 0.29) is 0 Å². The van der Waals surface area contributed by atoms with E-state index in [0.29, 0.717) is 9.55 Å². The average Bonchev–Trinajstić information content (AvgIpc) is 2.69. The molecule has 0 amide bonds. The maximum absolute atomic E-state index is 10.9. The molecule has 0 atom stereocenters. The van der Waals surface area contributed by atoms with Gasteiger partial charge in [-0.1, -0.05) is 0 Å². The van der Waals surface area contributed by atoms with E-state index in [1.54, 1.807) is 0 Å². The molecule has 0 aromatic carbocycles. The van der Waals surface area contributed by atoms with Crippen molar-refractivity contribution >= 4 is 22.9 Å². The molecule has 18 heavy (non-hydrogen) atoms. The number of hydrogen-bond donors (Lipinski definition) is 1. The van der Waals surface area contributed by atoms with Crippen LogP contribution in [-0.4, -0.2) is 40.5 Å². The Hall–Kier alpha value is -0.895. The molecule has 0 radical (unpaired) electrons. The standard InChI is InChI=1S/C9H15BN2O5S/c1-8(2)9(3,4)17-10(16-8)7-5-11-12(6-7)18(13,14)15/h5-6H,1-4H3,(H,13,14,15). The molecule has 0 aliphatic carbocycles. The van der Waals surface area contributed by atoms with Gasteiger partial charge in [0.25, 0.3) is 0 Å². The summed E-state index contributed by atoms with van der Waals surface area (Å²) >= 11 is 0. The monoisotopic (exact) mass is 274 g/mol. The molecule has 0 unspecified atom stereocenters. The van der Waals surface area contributed by atoms with E-state index >= 15 is 0 Å². The first-order valence-electron chi connectivity index (χ1n) is 5.41. The molecule has 1 aliphatic heterocycles. The number of nitrogens with zero attached hydrogens (tertiary/aromatic N) is 2. The highest BCUT2D eigenvalue weighted by Gasteiger charge is 2.52. The van der Waals surface area contributed by atoms with E-state index in [9.17, 15) is 8.42 Å². The third-order valence-corrected chi connectivity index (χ3v) is 4.01. The van der Waals surface area contributed by atoms with Gasteiger partial charge in [0, 0.05) is 11.7 Å². The normalized spacial score (nSPS) is 22.4. The predicted octanol–water partition coefficient (Wildman–Crippen LogP) is -0.167. The van der Waals surface area contributed by atoms with E-state index < -0.39 is 28.6 Å². The van der Waals surface area contributed by atoms with Crippen molar-refractivity contribution in [1.82, 2.24) is 9.19 Å². The van der Waals surface area contributed by atoms with Crippen LogP contribution in [0, 0.1) is 0 Å². The van der Waals surface area contributed by atoms with Crippen LogP contribution >= 0.6 is 0 Å². The zero-order valence-corrected chi connectivity index (χ0v) is 11.4. The maximum atomic E-state index is 10.9. The maximum Gasteiger partial charge on any atom is 0.498 e. The molecule has 1 aromatic rings. The van der Waals surface area contributed by atoms with Crippen LogP contribution in [0.1, 0.15) is 27.7 Å². The summed E-state index contributed by atoms with van der Waals surface area (Å²) in [5, 5.41) is 3.55. The van der Waals surface area contributed by atoms with Gasteiger partial charge >= 0.3 is 17.4 Å². The van der Waals surface area contributed by atoms with Crippen LogP contribution in [0.3, 0.4) is 0 Å². The van der Waals surface area contributed by atoms with Gasteiger partial charge in [0.2, 0.25) is 0 Å². The molecule has 1 aliphatic rings. The van der Waals surface area contributed by atoms with Crippen molar-refractivity contribution in [2.75, 3.05) is 0 Å². The zero-order chi connectivity index (χ0) is 13.8. The first-order valence-corrected chi connectivity index (χ1v) is 6.81. The minimum atomic E-state index is -4.37. The Bertz CT molecular complexity index is 549. The highest BCUT2D eigenvalue weighted by molar-refractivity contribution is 7.84. The van der Waals surface area contributed by atoms with Gasteiger partial charge in [0.15, 0.2) is 0 Å². The van der Waals surface area contributed by atoms with Crippen molar-refractivity contribution in [2.24, 2.45) is 0 Å². The van der Waals surface area contributed by atoms with Crippen molar-refractivity contribution in [1.29, 1.82) is 0 Å². The summed E-state index contributed by atoms with van der Waals surface area (Å²) < 4.78 is 42.5. The number of aromatic nitrogens is 2. The highest BCUT2D eigenvalue weighted by Crippen LogP contribution is 2.36. The minimum absolute atomic E-state index is 0.436. The van der Waals surface area contributed by atoms with Gasteiger partial charge in [-0.2, -0.15) is 13.5 Å². The Balaban J connectivity index is 2.28. The second-order valence-corrected chi connectivity index (χ2v) is 6.48. The summed E-state index contributed by atoms with van der Waals surface area (Å²) in [5.41, 5.74) is -0.596. The van der Waals surface area contributed by atoms with Gasteiger partial charge in [0.05, 0.1) is 17.4 Å². The van der Waals surface area contributed by atoms with Crippen LogP contribution in [0.25, 0.3) is 0 Å². The first-order chi connectivity index (χ1) is 8.03. The smallest absolute Gasteiger partial charge is 0.399 e. The lowest BCUT2D eigenvalue weighted by Crippen LogP contribution is -2.41. The fourth-order valence-corrected chi connectivity index (χ4v) is 1.97. The lowest BCUT2D eigenvalue weighted by Gasteiger charge is -2.32. The summed E-state index contributed by atoms with van der Waals surface area (Å²) in [7, 11) is -5.08. The van der Waals surface area contributed by atoms with Gasteiger partial charge in [0.1, 0.15) is 0 Å². The van der Waals surface area contributed by atoms with Gasteiger partial charge in [-0.05, 0) is 27.7 Å². The molecule has 1 N–H and O–H groups in total. The Morgan fingerprint density at radius 1 is 1.28 bits per heavy atom. The lowest BCUT2D eigenvalue weighted by atomic mass is 9.82. The van der Waals surface area contributed by atoms with Gasteiger partial charge in [-0.25, -0.2) is 0 Å². The van der Waals surface area contributed by atoms with Crippen LogP contribution in [0.4, 0.5) is 0 Å². The van der Waals surface area contributed by atoms with Crippen molar-refractivity contribution < 1.29 is 22.3 Å². The van der Waals surface area contributed by atoms with E-state index in [0.717, 1.165) is 6.20 Å². The summed E-state index contributed by atoms with van der Waals surface area (Å²) in [6, 6.07) is 0. The van der Waals surface area contributed by atoms with Crippen LogP contribution in [0.5, 0.6) is 0 Å². The van der Waals surface area contributed by atoms with Crippen molar-refractivity contribution in [3.05, 3.63) is 12.4 Å². The number of hydrogen-bond acceptors (Lipinski definition) is 5. The topological polar surface area (TPSA) is 90.7 Å². The SMILES string of the molecule is CC1(C)OB(c2cnn(S(=O)(=O)O)c2)OC1(C)C. The van der Waals surface area contributed by atoms with Gasteiger partial charge < -0.3 is 9.31 Å². The molecule has 9 heteroatoms. The molecule has 0 saturated carbocycles. The molecule has 100 valence electrons. The van der Waals surface area contributed by atoms with Crippen molar-refractivity contribution in [3.8, 4) is 0 Å². The molecule has 7 nitrogen and oxygen atoms in total. The van der Waals surface area contributed by atoms with Crippen LogP contribution in [-0.2, 0) is 19.6 Å². The molecule has 1 saturated heterocycles. The molecule has 1 fully saturated rings. The Morgan fingerprint density at radius 3 is 2.17 bits per heavy atom. The zero-order valence-electron chi connectivity index (χ0n) is 10.6. The fourth-order valence-electron chi connectivity index (χ4n) is 1.54. The summed E-state index contributed by atoms with van der Waals surface area (Å²) in [4.78, 5) is 0. The molecule has 0 spiro atoms. The third-order valence-electron chi connectivity index (χ3n) is 3.34. The number of rotatable bonds is 2. The quantitative estimate of drug-likeness (QED) is 0.595. The molecule has 2 heterocycles. The van der Waals surface area contributed by atoms with Gasteiger partial charge in [-0.3, -0.25) is 4.55 Å². The van der Waals surface area contributed by atoms with E-state index in [1.165, 1.54) is 6.20 Å². The van der Waals surface area contributed by atoms with E-state index in [2.05, 4.69) is 5.10 Å². The minimum Gasteiger partial charge on any atom is -0.399 e. The van der Waals surface area contributed by atoms with Crippen LogP contribution in [0.15, 0.2) is 12.4 Å². The van der Waals surface area contributed by atoms with Gasteiger partial charge in [-0.15, -0.1) is 4.09 Å². The summed E-state index contributed by atoms with van der Waals surface area (Å²) in [6.07, 6.45) is 2.45. The average molecular weight is 274 g/mol. The van der Waals surface area contributed by atoms with Crippen molar-refractivity contribution in [2.45, 2.75) is 38.9 Å². The summed E-state index contributed by atoms with van der Waals surface area (Å²) in [6.45, 7) is 7.56.